The molecule has 3 fully saturated rings. The molecule has 1 nitrogen and oxygen atoms in total. The van der Waals surface area contributed by atoms with Crippen LogP contribution >= 0.6 is 0 Å². The van der Waals surface area contributed by atoms with Crippen molar-refractivity contribution in [3.63, 3.8) is 0 Å². The van der Waals surface area contributed by atoms with Crippen LogP contribution in [0.15, 0.2) is 0 Å². The van der Waals surface area contributed by atoms with E-state index < -0.39 is 0 Å². The number of rotatable bonds is 2. The van der Waals surface area contributed by atoms with Gasteiger partial charge in [-0.15, -0.1) is 0 Å². The third-order valence-corrected chi connectivity index (χ3v) is 3.90. The average Bonchev–Trinajstić information content (AvgIpc) is 2.79. The van der Waals surface area contributed by atoms with Crippen molar-refractivity contribution in [1.82, 2.24) is 0 Å². The van der Waals surface area contributed by atoms with Crippen molar-refractivity contribution in [2.24, 2.45) is 10.8 Å². The summed E-state index contributed by atoms with van der Waals surface area (Å²) in [5.41, 5.74) is 1.47. The molecule has 62 valence electrons. The number of hydrogen-bond acceptors (Lipinski definition) is 1. The van der Waals surface area contributed by atoms with E-state index in [2.05, 4.69) is 13.8 Å². The van der Waals surface area contributed by atoms with Crippen LogP contribution in [0.1, 0.15) is 39.5 Å². The first kappa shape index (κ1) is 6.47. The molecular weight excluding hydrogens is 136 g/mol. The summed E-state index contributed by atoms with van der Waals surface area (Å²) >= 11 is 0. The molecule has 3 aliphatic carbocycles. The lowest BCUT2D eigenvalue weighted by molar-refractivity contribution is 0.0455. The van der Waals surface area contributed by atoms with Crippen molar-refractivity contribution in [1.29, 1.82) is 0 Å². The highest BCUT2D eigenvalue weighted by atomic mass is 16.5. The van der Waals surface area contributed by atoms with Crippen molar-refractivity contribution >= 4 is 0 Å². The Kier molecular flexibility index (Phi) is 0.893. The first-order valence-electron chi connectivity index (χ1n) is 4.87. The minimum Gasteiger partial charge on any atom is -0.374 e. The summed E-state index contributed by atoms with van der Waals surface area (Å²) in [4.78, 5) is 0. The average molecular weight is 152 g/mol. The van der Waals surface area contributed by atoms with Gasteiger partial charge in [0.15, 0.2) is 0 Å². The monoisotopic (exact) mass is 152 g/mol. The molecule has 0 aliphatic heterocycles. The van der Waals surface area contributed by atoms with Crippen LogP contribution in [-0.2, 0) is 4.74 Å². The van der Waals surface area contributed by atoms with E-state index in [1.54, 1.807) is 0 Å². The minimum atomic E-state index is 0.442. The maximum Gasteiger partial charge on any atom is 0.0703 e. The summed E-state index contributed by atoms with van der Waals surface area (Å²) in [5.74, 6) is 0. The molecule has 1 heteroatoms. The largest absolute Gasteiger partial charge is 0.374 e. The highest BCUT2D eigenvalue weighted by Crippen LogP contribution is 2.89. The Hall–Kier alpha value is -0.0400. The molecule has 2 spiro atoms. The molecule has 3 rings (SSSR count). The lowest BCUT2D eigenvalue weighted by Crippen LogP contribution is -2.07. The molecule has 0 atom stereocenters. The summed E-state index contributed by atoms with van der Waals surface area (Å²) in [6.45, 7) is 4.31. The van der Waals surface area contributed by atoms with Gasteiger partial charge in [-0.05, 0) is 39.5 Å². The Balaban J connectivity index is 1.73. The van der Waals surface area contributed by atoms with Gasteiger partial charge in [0, 0.05) is 10.8 Å². The quantitative estimate of drug-likeness (QED) is 0.590. The van der Waals surface area contributed by atoms with Crippen LogP contribution in [0.25, 0.3) is 0 Å². The van der Waals surface area contributed by atoms with Crippen LogP contribution < -0.4 is 0 Å². The van der Waals surface area contributed by atoms with Gasteiger partial charge in [-0.1, -0.05) is 0 Å². The first-order valence-corrected chi connectivity index (χ1v) is 4.87. The number of ether oxygens (including phenoxy) is 1. The second kappa shape index (κ2) is 1.52. The molecule has 0 heterocycles. The van der Waals surface area contributed by atoms with Gasteiger partial charge in [0.1, 0.15) is 0 Å². The predicted octanol–water partition coefficient (Wildman–Crippen LogP) is 2.35. The summed E-state index contributed by atoms with van der Waals surface area (Å²) in [6.07, 6.45) is 6.97. The van der Waals surface area contributed by atoms with Gasteiger partial charge in [0.25, 0.3) is 0 Å². The Bertz CT molecular complexity index is 181. The third kappa shape index (κ3) is 0.581. The molecule has 0 aromatic heterocycles. The maximum absolute atomic E-state index is 5.92. The van der Waals surface area contributed by atoms with E-state index in [-0.39, 0.29) is 0 Å². The van der Waals surface area contributed by atoms with Gasteiger partial charge >= 0.3 is 0 Å². The van der Waals surface area contributed by atoms with Crippen LogP contribution in [0.2, 0.25) is 0 Å². The second-order valence-electron chi connectivity index (χ2n) is 4.88. The van der Waals surface area contributed by atoms with Crippen LogP contribution in [0.3, 0.4) is 0 Å². The highest BCUT2D eigenvalue weighted by molar-refractivity contribution is 5.36. The zero-order chi connectivity index (χ0) is 7.69. The molecule has 3 saturated carbocycles. The van der Waals surface area contributed by atoms with Gasteiger partial charge in [0.05, 0.1) is 12.2 Å². The van der Waals surface area contributed by atoms with Gasteiger partial charge in [-0.2, -0.15) is 0 Å². The third-order valence-electron chi connectivity index (χ3n) is 3.90. The van der Waals surface area contributed by atoms with Gasteiger partial charge < -0.3 is 4.74 Å². The number of hydrogen-bond donors (Lipinski definition) is 0. The molecule has 0 saturated heterocycles. The van der Waals surface area contributed by atoms with E-state index >= 15 is 0 Å². The van der Waals surface area contributed by atoms with Crippen molar-refractivity contribution in [3.05, 3.63) is 0 Å². The molecule has 0 N–H and O–H groups in total. The lowest BCUT2D eigenvalue weighted by atomic mass is 10.3. The summed E-state index contributed by atoms with van der Waals surface area (Å²) < 4.78 is 5.92. The van der Waals surface area contributed by atoms with Crippen molar-refractivity contribution in [2.75, 3.05) is 0 Å². The van der Waals surface area contributed by atoms with Crippen LogP contribution in [0.5, 0.6) is 0 Å². The summed E-state index contributed by atoms with van der Waals surface area (Å²) in [6, 6.07) is 0. The molecule has 0 bridgehead atoms. The normalized spacial score (nSPS) is 40.1. The number of fused-ring (bicyclic) bond motifs is 1. The van der Waals surface area contributed by atoms with Crippen molar-refractivity contribution in [2.45, 2.75) is 51.7 Å². The zero-order valence-electron chi connectivity index (χ0n) is 7.39. The fraction of sp³-hybridized carbons (Fsp3) is 1.00. The van der Waals surface area contributed by atoms with Crippen molar-refractivity contribution < 1.29 is 4.74 Å². The maximum atomic E-state index is 5.92. The Morgan fingerprint density at radius 1 is 1.09 bits per heavy atom. The van der Waals surface area contributed by atoms with E-state index in [0.29, 0.717) is 12.2 Å². The molecule has 0 aromatic rings. The van der Waals surface area contributed by atoms with E-state index in [4.69, 9.17) is 4.74 Å². The van der Waals surface area contributed by atoms with Crippen LogP contribution in [0, 0.1) is 10.8 Å². The minimum absolute atomic E-state index is 0.442. The van der Waals surface area contributed by atoms with Gasteiger partial charge in [-0.3, -0.25) is 0 Å². The Morgan fingerprint density at radius 2 is 1.55 bits per heavy atom. The topological polar surface area (TPSA) is 9.23 Å². The Morgan fingerprint density at radius 3 is 1.82 bits per heavy atom. The molecule has 0 unspecified atom stereocenters. The fourth-order valence-corrected chi connectivity index (χ4v) is 3.02. The molecule has 0 aromatic carbocycles. The van der Waals surface area contributed by atoms with Crippen LogP contribution in [-0.4, -0.2) is 12.2 Å². The molecule has 11 heavy (non-hydrogen) atoms. The molecular formula is C10H16O. The SMILES string of the molecule is CC(C)OC1C2(CC2)C12CC2. The van der Waals surface area contributed by atoms with E-state index in [0.717, 1.165) is 10.8 Å². The predicted molar refractivity (Wildman–Crippen MR) is 43.3 cm³/mol. The van der Waals surface area contributed by atoms with Crippen molar-refractivity contribution in [3.8, 4) is 0 Å². The van der Waals surface area contributed by atoms with E-state index in [1.165, 1.54) is 25.7 Å². The fourth-order valence-electron chi connectivity index (χ4n) is 3.02. The molecule has 0 radical (unpaired) electrons. The molecule has 0 amide bonds. The van der Waals surface area contributed by atoms with E-state index in [9.17, 15) is 0 Å². The lowest BCUT2D eigenvalue weighted by Gasteiger charge is -2.05. The summed E-state index contributed by atoms with van der Waals surface area (Å²) in [7, 11) is 0. The van der Waals surface area contributed by atoms with Crippen LogP contribution in [0.4, 0.5) is 0 Å². The summed E-state index contributed by atoms with van der Waals surface area (Å²) in [5, 5.41) is 0. The molecule has 3 aliphatic rings. The smallest absolute Gasteiger partial charge is 0.0703 e. The zero-order valence-corrected chi connectivity index (χ0v) is 7.39. The Labute approximate surface area is 68.1 Å². The first-order chi connectivity index (χ1) is 5.21. The van der Waals surface area contributed by atoms with Gasteiger partial charge in [0.2, 0.25) is 0 Å². The highest BCUT2D eigenvalue weighted by Gasteiger charge is 2.87. The van der Waals surface area contributed by atoms with E-state index in [1.807, 2.05) is 0 Å². The standard InChI is InChI=1S/C10H16O/c1-7(2)11-8-9(3-4-9)10(8)5-6-10/h7-8H,3-6H2,1-2H3. The second-order valence-corrected chi connectivity index (χ2v) is 4.88. The van der Waals surface area contributed by atoms with Gasteiger partial charge in [-0.25, -0.2) is 0 Å².